The predicted octanol–water partition coefficient (Wildman–Crippen LogP) is 5.21. The summed E-state index contributed by atoms with van der Waals surface area (Å²) in [5.74, 6) is 0. The van der Waals surface area contributed by atoms with Crippen molar-refractivity contribution in [3.63, 3.8) is 0 Å². The molecule has 0 atom stereocenters. The Morgan fingerprint density at radius 3 is 2.07 bits per heavy atom. The fraction of sp³-hybridized carbons (Fsp3) is 0.0476. The first-order valence-corrected chi connectivity index (χ1v) is 9.90. The summed E-state index contributed by atoms with van der Waals surface area (Å²) in [5, 5.41) is 2.42. The fourth-order valence-electron chi connectivity index (χ4n) is 3.70. The van der Waals surface area contributed by atoms with Crippen molar-refractivity contribution in [3.05, 3.63) is 77.9 Å². The quantitative estimate of drug-likeness (QED) is 0.307. The largest absolute Gasteiger partial charge is 0.354 e. The fourth-order valence-corrected chi connectivity index (χ4v) is 4.42. The van der Waals surface area contributed by atoms with Crippen molar-refractivity contribution < 1.29 is 0 Å². The van der Waals surface area contributed by atoms with Crippen molar-refractivity contribution in [1.82, 2.24) is 9.55 Å². The molecule has 6 heteroatoms. The van der Waals surface area contributed by atoms with Crippen molar-refractivity contribution in [2.45, 2.75) is 0 Å². The molecule has 0 spiro atoms. The highest BCUT2D eigenvalue weighted by atomic mass is 79.9. The lowest BCUT2D eigenvalue weighted by molar-refractivity contribution is 1.00. The van der Waals surface area contributed by atoms with Gasteiger partial charge in [-0.1, -0.05) is 31.9 Å². The van der Waals surface area contributed by atoms with Crippen LogP contribution in [0.25, 0.3) is 43.6 Å². The number of hydrogen-bond acceptors (Lipinski definition) is 2. The SMILES string of the molecule is Cn1c2ccc(Br)cc2c(=O)c2cc3[nH]c4ccc(Br)cc4c(=O)c3cc21. The van der Waals surface area contributed by atoms with Crippen LogP contribution in [0.4, 0.5) is 0 Å². The zero-order chi connectivity index (χ0) is 18.9. The van der Waals surface area contributed by atoms with E-state index in [-0.39, 0.29) is 10.9 Å². The first-order chi connectivity index (χ1) is 12.9. The minimum absolute atomic E-state index is 0.0435. The van der Waals surface area contributed by atoms with Crippen LogP contribution in [0.2, 0.25) is 0 Å². The Hall–Kier alpha value is -2.44. The van der Waals surface area contributed by atoms with Crippen LogP contribution in [0.1, 0.15) is 0 Å². The lowest BCUT2D eigenvalue weighted by Crippen LogP contribution is -2.11. The molecule has 0 unspecified atom stereocenters. The van der Waals surface area contributed by atoms with Gasteiger partial charge in [-0.05, 0) is 48.5 Å². The molecule has 0 bridgehead atoms. The zero-order valence-corrected chi connectivity index (χ0v) is 17.3. The van der Waals surface area contributed by atoms with Gasteiger partial charge in [-0.2, -0.15) is 0 Å². The second kappa shape index (κ2) is 5.78. The first-order valence-electron chi connectivity index (χ1n) is 8.31. The van der Waals surface area contributed by atoms with Gasteiger partial charge in [-0.15, -0.1) is 0 Å². The molecule has 27 heavy (non-hydrogen) atoms. The van der Waals surface area contributed by atoms with Gasteiger partial charge >= 0.3 is 0 Å². The number of pyridine rings is 2. The van der Waals surface area contributed by atoms with E-state index in [1.165, 1.54) is 0 Å². The summed E-state index contributed by atoms with van der Waals surface area (Å²) in [6.07, 6.45) is 0. The van der Waals surface area contributed by atoms with Crippen LogP contribution in [-0.2, 0) is 7.05 Å². The number of aromatic amines is 1. The van der Waals surface area contributed by atoms with E-state index >= 15 is 0 Å². The van der Waals surface area contributed by atoms with Gasteiger partial charge in [-0.25, -0.2) is 0 Å². The van der Waals surface area contributed by atoms with Crippen LogP contribution in [0.3, 0.4) is 0 Å². The summed E-state index contributed by atoms with van der Waals surface area (Å²) < 4.78 is 3.67. The van der Waals surface area contributed by atoms with Crippen LogP contribution >= 0.6 is 31.9 Å². The topological polar surface area (TPSA) is 54.9 Å². The molecule has 0 fully saturated rings. The third-order valence-corrected chi connectivity index (χ3v) is 6.03. The number of nitrogens with zero attached hydrogens (tertiary/aromatic N) is 1. The molecule has 5 aromatic rings. The number of aryl methyl sites for hydroxylation is 1. The van der Waals surface area contributed by atoms with Gasteiger partial charge in [0.05, 0.1) is 16.6 Å². The summed E-state index contributed by atoms with van der Waals surface area (Å²) in [6.45, 7) is 0. The predicted molar refractivity (Wildman–Crippen MR) is 118 cm³/mol. The molecular formula is C21H12Br2N2O2. The Morgan fingerprint density at radius 1 is 0.704 bits per heavy atom. The molecule has 2 aromatic heterocycles. The highest BCUT2D eigenvalue weighted by Crippen LogP contribution is 2.25. The van der Waals surface area contributed by atoms with E-state index < -0.39 is 0 Å². The smallest absolute Gasteiger partial charge is 0.197 e. The van der Waals surface area contributed by atoms with Crippen molar-refractivity contribution in [2.75, 3.05) is 0 Å². The van der Waals surface area contributed by atoms with Crippen LogP contribution in [-0.4, -0.2) is 9.55 Å². The van der Waals surface area contributed by atoms with E-state index in [1.54, 1.807) is 6.07 Å². The molecule has 0 aliphatic heterocycles. The minimum Gasteiger partial charge on any atom is -0.354 e. The Bertz CT molecular complexity index is 1550. The molecule has 3 aromatic carbocycles. The van der Waals surface area contributed by atoms with Crippen molar-refractivity contribution in [2.24, 2.45) is 7.05 Å². The maximum absolute atomic E-state index is 13.1. The average molecular weight is 484 g/mol. The molecule has 0 aliphatic rings. The molecule has 0 radical (unpaired) electrons. The standard InChI is InChI=1S/C21H12Br2N2O2/c1-25-18-5-3-11(23)7-14(18)21(27)15-8-17-13(9-19(15)25)20(26)12-6-10(22)2-4-16(12)24-17/h2-9H,1H3,(H,24,26). The number of H-pyrrole nitrogens is 1. The van der Waals surface area contributed by atoms with Crippen LogP contribution in [0, 0.1) is 0 Å². The number of benzene rings is 3. The Labute approximate surface area is 169 Å². The summed E-state index contributed by atoms with van der Waals surface area (Å²) >= 11 is 6.86. The number of halogens is 2. The summed E-state index contributed by atoms with van der Waals surface area (Å²) in [4.78, 5) is 29.4. The summed E-state index contributed by atoms with van der Waals surface area (Å²) in [6, 6.07) is 14.8. The number of fused-ring (bicyclic) bond motifs is 4. The van der Waals surface area contributed by atoms with Gasteiger partial charge in [0.1, 0.15) is 0 Å². The number of hydrogen-bond donors (Lipinski definition) is 1. The van der Waals surface area contributed by atoms with Crippen molar-refractivity contribution >= 4 is 75.5 Å². The van der Waals surface area contributed by atoms with Gasteiger partial charge in [0.15, 0.2) is 10.9 Å². The average Bonchev–Trinajstić information content (AvgIpc) is 2.66. The third-order valence-electron chi connectivity index (χ3n) is 5.05. The van der Waals surface area contributed by atoms with Crippen LogP contribution < -0.4 is 10.9 Å². The molecule has 0 saturated carbocycles. The number of aromatic nitrogens is 2. The van der Waals surface area contributed by atoms with E-state index in [1.807, 2.05) is 54.1 Å². The van der Waals surface area contributed by atoms with E-state index in [9.17, 15) is 9.59 Å². The first kappa shape index (κ1) is 16.7. The second-order valence-electron chi connectivity index (χ2n) is 6.61. The monoisotopic (exact) mass is 482 g/mol. The maximum Gasteiger partial charge on any atom is 0.197 e. The lowest BCUT2D eigenvalue weighted by atomic mass is 10.0. The molecule has 2 heterocycles. The summed E-state index contributed by atoms with van der Waals surface area (Å²) in [7, 11) is 1.91. The molecule has 1 N–H and O–H groups in total. The molecular weight excluding hydrogens is 472 g/mol. The maximum atomic E-state index is 13.1. The van der Waals surface area contributed by atoms with Gasteiger partial charge in [-0.3, -0.25) is 9.59 Å². The second-order valence-corrected chi connectivity index (χ2v) is 8.44. The zero-order valence-electron chi connectivity index (χ0n) is 14.1. The van der Waals surface area contributed by atoms with E-state index in [0.29, 0.717) is 27.1 Å². The van der Waals surface area contributed by atoms with Crippen LogP contribution in [0.15, 0.2) is 67.1 Å². The third kappa shape index (κ3) is 2.40. The van der Waals surface area contributed by atoms with Gasteiger partial charge in [0.25, 0.3) is 0 Å². The van der Waals surface area contributed by atoms with Gasteiger partial charge < -0.3 is 9.55 Å². The normalized spacial score (nSPS) is 11.8. The van der Waals surface area contributed by atoms with E-state index in [4.69, 9.17) is 0 Å². The summed E-state index contributed by atoms with van der Waals surface area (Å²) in [5.41, 5.74) is 2.88. The molecule has 4 nitrogen and oxygen atoms in total. The Balaban J connectivity index is 2.04. The molecule has 5 rings (SSSR count). The van der Waals surface area contributed by atoms with Crippen molar-refractivity contribution in [1.29, 1.82) is 0 Å². The van der Waals surface area contributed by atoms with Crippen LogP contribution in [0.5, 0.6) is 0 Å². The minimum atomic E-state index is -0.0506. The number of nitrogens with one attached hydrogen (secondary N) is 1. The van der Waals surface area contributed by atoms with E-state index in [0.717, 1.165) is 25.5 Å². The van der Waals surface area contributed by atoms with Gasteiger partial charge in [0.2, 0.25) is 0 Å². The molecule has 0 amide bonds. The Kier molecular flexibility index (Phi) is 3.58. The highest BCUT2D eigenvalue weighted by Gasteiger charge is 2.13. The molecule has 0 aliphatic carbocycles. The number of rotatable bonds is 0. The molecule has 0 saturated heterocycles. The molecule has 132 valence electrons. The Morgan fingerprint density at radius 2 is 1.30 bits per heavy atom. The lowest BCUT2D eigenvalue weighted by Gasteiger charge is -2.12. The van der Waals surface area contributed by atoms with E-state index in [2.05, 4.69) is 36.8 Å². The van der Waals surface area contributed by atoms with Gasteiger partial charge in [0, 0.05) is 43.1 Å². The highest BCUT2D eigenvalue weighted by molar-refractivity contribution is 9.10. The van der Waals surface area contributed by atoms with Crippen molar-refractivity contribution in [3.8, 4) is 0 Å².